The van der Waals surface area contributed by atoms with Crippen LogP contribution in [0.1, 0.15) is 19.8 Å². The van der Waals surface area contributed by atoms with Crippen molar-refractivity contribution < 1.29 is 4.79 Å². The molecule has 0 aromatic rings. The lowest BCUT2D eigenvalue weighted by molar-refractivity contribution is -0.116. The van der Waals surface area contributed by atoms with Gasteiger partial charge in [-0.1, -0.05) is 6.08 Å². The molecule has 0 amide bonds. The number of ketones is 1. The Morgan fingerprint density at radius 2 is 2.44 bits per heavy atom. The molecule has 2 N–H and O–H groups in total. The minimum Gasteiger partial charge on any atom is -0.327 e. The van der Waals surface area contributed by atoms with Gasteiger partial charge in [-0.3, -0.25) is 4.79 Å². The average Bonchev–Trinajstić information content (AvgIpc) is 1.80. The van der Waals surface area contributed by atoms with E-state index in [1.165, 1.54) is 0 Å². The number of rotatable bonds is 0. The molecule has 0 heterocycles. The molecule has 2 nitrogen and oxygen atoms in total. The van der Waals surface area contributed by atoms with Gasteiger partial charge in [-0.25, -0.2) is 0 Å². The van der Waals surface area contributed by atoms with E-state index in [2.05, 4.69) is 0 Å². The standard InChI is InChI=1S/C7H11NO/c1-5-2-3-6(8)4-7(5)9/h2,6H,3-4,8H2,1H3. The molecule has 2 heteroatoms. The molecule has 50 valence electrons. The molecule has 9 heavy (non-hydrogen) atoms. The molecule has 0 spiro atoms. The Balaban J connectivity index is 2.68. The summed E-state index contributed by atoms with van der Waals surface area (Å²) in [6.07, 6.45) is 3.30. The van der Waals surface area contributed by atoms with Crippen molar-refractivity contribution in [3.05, 3.63) is 11.6 Å². The zero-order valence-electron chi connectivity index (χ0n) is 5.55. The molecule has 0 aliphatic heterocycles. The molecule has 1 rings (SSSR count). The third-order valence-corrected chi connectivity index (χ3v) is 1.61. The summed E-state index contributed by atoms with van der Waals surface area (Å²) in [5.74, 6) is 0.203. The Bertz CT molecular complexity index is 160. The Hall–Kier alpha value is -0.630. The van der Waals surface area contributed by atoms with Crippen molar-refractivity contribution >= 4 is 5.78 Å². The number of hydrogen-bond donors (Lipinski definition) is 1. The highest BCUT2D eigenvalue weighted by Gasteiger charge is 2.14. The first-order valence-corrected chi connectivity index (χ1v) is 3.15. The average molecular weight is 125 g/mol. The van der Waals surface area contributed by atoms with E-state index in [1.54, 1.807) is 0 Å². The molecular weight excluding hydrogens is 114 g/mol. The zero-order chi connectivity index (χ0) is 6.85. The summed E-state index contributed by atoms with van der Waals surface area (Å²) in [4.78, 5) is 10.9. The van der Waals surface area contributed by atoms with E-state index in [9.17, 15) is 4.79 Å². The smallest absolute Gasteiger partial charge is 0.159 e. The molecule has 0 aromatic carbocycles. The van der Waals surface area contributed by atoms with E-state index in [4.69, 9.17) is 5.73 Å². The van der Waals surface area contributed by atoms with Crippen molar-refractivity contribution in [2.45, 2.75) is 25.8 Å². The molecule has 0 fully saturated rings. The van der Waals surface area contributed by atoms with Crippen molar-refractivity contribution in [3.63, 3.8) is 0 Å². The largest absolute Gasteiger partial charge is 0.327 e. The SMILES string of the molecule is CC1=CCC(N)CC1=O. The van der Waals surface area contributed by atoms with Crippen molar-refractivity contribution in [3.8, 4) is 0 Å². The highest BCUT2D eigenvalue weighted by molar-refractivity contribution is 5.95. The summed E-state index contributed by atoms with van der Waals surface area (Å²) in [6.45, 7) is 1.84. The van der Waals surface area contributed by atoms with Gasteiger partial charge in [0.2, 0.25) is 0 Å². The normalized spacial score (nSPS) is 28.0. The monoisotopic (exact) mass is 125 g/mol. The summed E-state index contributed by atoms with van der Waals surface area (Å²) in [7, 11) is 0. The first-order chi connectivity index (χ1) is 4.20. The number of hydrogen-bond acceptors (Lipinski definition) is 2. The van der Waals surface area contributed by atoms with Crippen LogP contribution >= 0.6 is 0 Å². The number of nitrogens with two attached hydrogens (primary N) is 1. The van der Waals surface area contributed by atoms with Crippen LogP contribution < -0.4 is 5.73 Å². The van der Waals surface area contributed by atoms with E-state index in [-0.39, 0.29) is 11.8 Å². The van der Waals surface area contributed by atoms with Crippen molar-refractivity contribution in [1.82, 2.24) is 0 Å². The summed E-state index contributed by atoms with van der Waals surface area (Å²) in [5.41, 5.74) is 6.39. The summed E-state index contributed by atoms with van der Waals surface area (Å²) < 4.78 is 0. The molecular formula is C7H11NO. The Morgan fingerprint density at radius 1 is 1.78 bits per heavy atom. The molecule has 1 aliphatic carbocycles. The van der Waals surface area contributed by atoms with Gasteiger partial charge in [0.25, 0.3) is 0 Å². The number of allylic oxidation sites excluding steroid dienone is 1. The van der Waals surface area contributed by atoms with Crippen LogP contribution in [0.2, 0.25) is 0 Å². The maximum atomic E-state index is 10.9. The third-order valence-electron chi connectivity index (χ3n) is 1.61. The molecule has 0 saturated heterocycles. The van der Waals surface area contributed by atoms with Crippen molar-refractivity contribution in [1.29, 1.82) is 0 Å². The van der Waals surface area contributed by atoms with Gasteiger partial charge < -0.3 is 5.73 Å². The predicted octanol–water partition coefficient (Wildman–Crippen LogP) is 0.623. The van der Waals surface area contributed by atoms with Crippen LogP contribution in [0, 0.1) is 0 Å². The second kappa shape index (κ2) is 2.31. The Kier molecular flexibility index (Phi) is 1.67. The van der Waals surface area contributed by atoms with Crippen molar-refractivity contribution in [2.24, 2.45) is 5.73 Å². The van der Waals surface area contributed by atoms with Gasteiger partial charge >= 0.3 is 0 Å². The van der Waals surface area contributed by atoms with Gasteiger partial charge in [-0.2, -0.15) is 0 Å². The maximum absolute atomic E-state index is 10.9. The van der Waals surface area contributed by atoms with E-state index in [0.717, 1.165) is 12.0 Å². The first kappa shape index (κ1) is 6.49. The third kappa shape index (κ3) is 1.39. The van der Waals surface area contributed by atoms with Gasteiger partial charge in [-0.15, -0.1) is 0 Å². The van der Waals surface area contributed by atoms with Gasteiger partial charge in [0, 0.05) is 12.5 Å². The fourth-order valence-corrected chi connectivity index (χ4v) is 0.924. The molecule has 0 bridgehead atoms. The van der Waals surface area contributed by atoms with Crippen LogP contribution in [-0.2, 0) is 4.79 Å². The second-order valence-corrected chi connectivity index (χ2v) is 2.51. The molecule has 1 atom stereocenters. The summed E-state index contributed by atoms with van der Waals surface area (Å²) in [6, 6.07) is 0.0706. The lowest BCUT2D eigenvalue weighted by atomic mass is 9.96. The van der Waals surface area contributed by atoms with Crippen LogP contribution in [0.25, 0.3) is 0 Å². The Morgan fingerprint density at radius 3 is 2.89 bits per heavy atom. The van der Waals surface area contributed by atoms with E-state index >= 15 is 0 Å². The van der Waals surface area contributed by atoms with Gasteiger partial charge in [0.15, 0.2) is 5.78 Å². The van der Waals surface area contributed by atoms with E-state index < -0.39 is 0 Å². The molecule has 0 saturated carbocycles. The maximum Gasteiger partial charge on any atom is 0.159 e. The van der Waals surface area contributed by atoms with Gasteiger partial charge in [0.1, 0.15) is 0 Å². The highest BCUT2D eigenvalue weighted by atomic mass is 16.1. The minimum absolute atomic E-state index is 0.0706. The number of carbonyl (C=O) groups excluding carboxylic acids is 1. The van der Waals surface area contributed by atoms with Crippen molar-refractivity contribution in [2.75, 3.05) is 0 Å². The zero-order valence-corrected chi connectivity index (χ0v) is 5.55. The molecule has 1 aliphatic rings. The lowest BCUT2D eigenvalue weighted by Gasteiger charge is -2.13. The number of carbonyl (C=O) groups is 1. The second-order valence-electron chi connectivity index (χ2n) is 2.51. The van der Waals surface area contributed by atoms with Crippen LogP contribution in [0.15, 0.2) is 11.6 Å². The highest BCUT2D eigenvalue weighted by Crippen LogP contribution is 2.11. The predicted molar refractivity (Wildman–Crippen MR) is 36.0 cm³/mol. The van der Waals surface area contributed by atoms with Crippen LogP contribution in [0.3, 0.4) is 0 Å². The lowest BCUT2D eigenvalue weighted by Crippen LogP contribution is -2.26. The van der Waals surface area contributed by atoms with Crippen LogP contribution in [0.5, 0.6) is 0 Å². The van der Waals surface area contributed by atoms with Crippen LogP contribution in [0.4, 0.5) is 0 Å². The fourth-order valence-electron chi connectivity index (χ4n) is 0.924. The minimum atomic E-state index is 0.0706. The van der Waals surface area contributed by atoms with Crippen LogP contribution in [-0.4, -0.2) is 11.8 Å². The molecule has 0 aromatic heterocycles. The topological polar surface area (TPSA) is 43.1 Å². The quantitative estimate of drug-likeness (QED) is 0.515. The van der Waals surface area contributed by atoms with E-state index in [1.807, 2.05) is 13.0 Å². The Labute approximate surface area is 54.7 Å². The molecule has 1 unspecified atom stereocenters. The van der Waals surface area contributed by atoms with E-state index in [0.29, 0.717) is 6.42 Å². The molecule has 0 radical (unpaired) electrons. The summed E-state index contributed by atoms with van der Waals surface area (Å²) >= 11 is 0. The first-order valence-electron chi connectivity index (χ1n) is 3.15. The van der Waals surface area contributed by atoms with Gasteiger partial charge in [0.05, 0.1) is 0 Å². The van der Waals surface area contributed by atoms with Gasteiger partial charge in [-0.05, 0) is 18.9 Å². The fraction of sp³-hybridized carbons (Fsp3) is 0.571. The number of Topliss-reactive ketones (excluding diaryl/α,β-unsaturated/α-hetero) is 1. The summed E-state index contributed by atoms with van der Waals surface area (Å²) in [5, 5.41) is 0.